The van der Waals surface area contributed by atoms with Gasteiger partial charge in [0.25, 0.3) is 0 Å². The third kappa shape index (κ3) is 4.33. The number of pyridine rings is 3. The van der Waals surface area contributed by atoms with E-state index in [1.54, 1.807) is 7.11 Å². The lowest BCUT2D eigenvalue weighted by atomic mass is 10.0. The molecular formula is C28H30N8O3. The predicted octanol–water partition coefficient (Wildman–Crippen LogP) is 3.16. The van der Waals surface area contributed by atoms with Crippen LogP contribution in [0.4, 0.5) is 5.82 Å². The summed E-state index contributed by atoms with van der Waals surface area (Å²) in [6.07, 6.45) is 7.56. The maximum atomic E-state index is 5.94. The zero-order valence-electron chi connectivity index (χ0n) is 21.9. The first-order chi connectivity index (χ1) is 19.2. The van der Waals surface area contributed by atoms with Gasteiger partial charge in [-0.3, -0.25) is 10.00 Å². The summed E-state index contributed by atoms with van der Waals surface area (Å²) in [6.45, 7) is 6.53. The molecule has 0 radical (unpaired) electrons. The average molecular weight is 527 g/mol. The minimum absolute atomic E-state index is 0.282. The number of nitrogens with zero attached hydrogens (tertiary/aromatic N) is 7. The van der Waals surface area contributed by atoms with E-state index >= 15 is 0 Å². The second kappa shape index (κ2) is 9.83. The highest BCUT2D eigenvalue weighted by Crippen LogP contribution is 2.34. The number of H-pyrrole nitrogens is 1. The van der Waals surface area contributed by atoms with Crippen molar-refractivity contribution in [3.05, 3.63) is 60.7 Å². The Morgan fingerprint density at radius 2 is 1.92 bits per heavy atom. The van der Waals surface area contributed by atoms with Crippen LogP contribution in [-0.4, -0.2) is 86.8 Å². The molecule has 11 nitrogen and oxygen atoms in total. The van der Waals surface area contributed by atoms with Crippen LogP contribution < -0.4 is 14.4 Å². The maximum Gasteiger partial charge on any atom is 0.212 e. The fourth-order valence-electron chi connectivity index (χ4n) is 5.75. The van der Waals surface area contributed by atoms with Crippen molar-refractivity contribution in [2.75, 3.05) is 44.9 Å². The fraction of sp³-hybridized carbons (Fsp3) is 0.357. The van der Waals surface area contributed by atoms with E-state index in [9.17, 15) is 0 Å². The van der Waals surface area contributed by atoms with Gasteiger partial charge in [0.15, 0.2) is 5.65 Å². The molecule has 0 aromatic carbocycles. The van der Waals surface area contributed by atoms with Crippen molar-refractivity contribution >= 4 is 22.4 Å². The number of ether oxygens (including phenoxy) is 3. The number of rotatable bonds is 7. The SMILES string of the molecule is CCOc1cc(-c2ccc(N3CC4COCC(C3)N4Cc3ccc(OC)nc3)nc2)c2c3cn[nH]c3nn2c1. The van der Waals surface area contributed by atoms with Crippen LogP contribution in [0.15, 0.2) is 55.1 Å². The number of aromatic amines is 1. The molecule has 1 N–H and O–H groups in total. The molecule has 11 heteroatoms. The number of methoxy groups -OCH3 is 1. The zero-order valence-corrected chi connectivity index (χ0v) is 21.9. The Balaban J connectivity index is 1.14. The summed E-state index contributed by atoms with van der Waals surface area (Å²) < 4.78 is 18.8. The number of hydrogen-bond donors (Lipinski definition) is 1. The van der Waals surface area contributed by atoms with Gasteiger partial charge >= 0.3 is 0 Å². The van der Waals surface area contributed by atoms with E-state index in [1.807, 2.05) is 42.3 Å². The van der Waals surface area contributed by atoms with Crippen LogP contribution in [0.5, 0.6) is 11.6 Å². The minimum atomic E-state index is 0.282. The van der Waals surface area contributed by atoms with Gasteiger partial charge in [0.2, 0.25) is 5.88 Å². The fourth-order valence-corrected chi connectivity index (χ4v) is 5.75. The smallest absolute Gasteiger partial charge is 0.212 e. The molecule has 5 aromatic heterocycles. The molecule has 2 aliphatic rings. The molecule has 2 unspecified atom stereocenters. The predicted molar refractivity (Wildman–Crippen MR) is 146 cm³/mol. The Hall–Kier alpha value is -4.22. The molecular weight excluding hydrogens is 496 g/mol. The zero-order chi connectivity index (χ0) is 26.3. The number of hydrogen-bond acceptors (Lipinski definition) is 9. The monoisotopic (exact) mass is 526 g/mol. The molecule has 2 aliphatic heterocycles. The molecule has 7 heterocycles. The number of nitrogens with one attached hydrogen (secondary N) is 1. The van der Waals surface area contributed by atoms with Gasteiger partial charge in [-0.05, 0) is 30.7 Å². The van der Waals surface area contributed by atoms with Gasteiger partial charge in [0.05, 0.1) is 62.3 Å². The summed E-state index contributed by atoms with van der Waals surface area (Å²) in [5.74, 6) is 2.37. The van der Waals surface area contributed by atoms with Gasteiger partial charge in [0.1, 0.15) is 11.6 Å². The Morgan fingerprint density at radius 1 is 1.05 bits per heavy atom. The van der Waals surface area contributed by atoms with Crippen molar-refractivity contribution in [1.29, 1.82) is 0 Å². The molecule has 2 saturated heterocycles. The first-order valence-electron chi connectivity index (χ1n) is 13.2. The maximum absolute atomic E-state index is 5.94. The van der Waals surface area contributed by atoms with Crippen LogP contribution >= 0.6 is 0 Å². The van der Waals surface area contributed by atoms with Crippen molar-refractivity contribution < 1.29 is 14.2 Å². The van der Waals surface area contributed by atoms with E-state index < -0.39 is 0 Å². The molecule has 5 aromatic rings. The normalized spacial score (nSPS) is 19.6. The summed E-state index contributed by atoms with van der Waals surface area (Å²) >= 11 is 0. The van der Waals surface area contributed by atoms with E-state index in [2.05, 4.69) is 54.3 Å². The summed E-state index contributed by atoms with van der Waals surface area (Å²) in [5.41, 5.74) is 4.90. The molecule has 39 heavy (non-hydrogen) atoms. The number of fused-ring (bicyclic) bond motifs is 5. The first-order valence-corrected chi connectivity index (χ1v) is 13.2. The molecule has 2 atom stereocenters. The van der Waals surface area contributed by atoms with E-state index in [1.165, 1.54) is 5.56 Å². The van der Waals surface area contributed by atoms with Crippen molar-refractivity contribution in [3.8, 4) is 22.8 Å². The molecule has 200 valence electrons. The second-order valence-electron chi connectivity index (χ2n) is 9.98. The highest BCUT2D eigenvalue weighted by Gasteiger charge is 2.38. The lowest BCUT2D eigenvalue weighted by Crippen LogP contribution is -2.64. The summed E-state index contributed by atoms with van der Waals surface area (Å²) in [6, 6.07) is 10.9. The third-order valence-corrected chi connectivity index (χ3v) is 7.59. The highest BCUT2D eigenvalue weighted by molar-refractivity contribution is 6.00. The molecule has 7 rings (SSSR count). The number of morpholine rings is 1. The highest BCUT2D eigenvalue weighted by atomic mass is 16.5. The van der Waals surface area contributed by atoms with Gasteiger partial charge < -0.3 is 19.1 Å². The average Bonchev–Trinajstić information content (AvgIpc) is 3.55. The van der Waals surface area contributed by atoms with Crippen molar-refractivity contribution in [2.45, 2.75) is 25.6 Å². The third-order valence-electron chi connectivity index (χ3n) is 7.59. The Kier molecular flexibility index (Phi) is 6.01. The van der Waals surface area contributed by atoms with Crippen LogP contribution in [0.3, 0.4) is 0 Å². The van der Waals surface area contributed by atoms with Gasteiger partial charge in [-0.1, -0.05) is 6.07 Å². The van der Waals surface area contributed by atoms with Crippen molar-refractivity contribution in [1.82, 2.24) is 34.7 Å². The molecule has 2 fully saturated rings. The van der Waals surface area contributed by atoms with E-state index in [-0.39, 0.29) is 12.1 Å². The molecule has 2 bridgehead atoms. The van der Waals surface area contributed by atoms with Crippen LogP contribution in [-0.2, 0) is 11.3 Å². The Labute approximate surface area is 225 Å². The first kappa shape index (κ1) is 23.9. The van der Waals surface area contributed by atoms with Crippen LogP contribution in [0.1, 0.15) is 12.5 Å². The topological polar surface area (TPSA) is 106 Å². The van der Waals surface area contributed by atoms with Gasteiger partial charge in [-0.2, -0.15) is 5.10 Å². The number of anilines is 1. The van der Waals surface area contributed by atoms with E-state index in [0.717, 1.165) is 58.9 Å². The molecule has 0 aliphatic carbocycles. The summed E-state index contributed by atoms with van der Waals surface area (Å²) in [4.78, 5) is 14.2. The van der Waals surface area contributed by atoms with Gasteiger partial charge in [-0.25, -0.2) is 14.5 Å². The standard InChI is InChI=1S/C28H30N8O3/c1-3-39-22-8-23(27-24-11-31-32-28(24)33-36(27)15-22)19-5-6-25(29-10-19)34-13-20-16-38-17-21(14-34)35(20)12-18-4-7-26(37-2)30-9-18/h4-11,15,20-21H,3,12-14,16-17H2,1-2H3,(H,32,33). The molecule has 0 spiro atoms. The lowest BCUT2D eigenvalue weighted by Gasteiger charge is -2.50. The van der Waals surface area contributed by atoms with Crippen molar-refractivity contribution in [2.24, 2.45) is 0 Å². The lowest BCUT2D eigenvalue weighted by molar-refractivity contribution is -0.0620. The minimum Gasteiger partial charge on any atom is -0.492 e. The number of aromatic nitrogens is 6. The summed E-state index contributed by atoms with van der Waals surface area (Å²) in [7, 11) is 1.64. The Bertz CT molecular complexity index is 1580. The van der Waals surface area contributed by atoms with Gasteiger partial charge in [0, 0.05) is 49.2 Å². The Morgan fingerprint density at radius 3 is 2.64 bits per heavy atom. The van der Waals surface area contributed by atoms with E-state index in [4.69, 9.17) is 19.2 Å². The second-order valence-corrected chi connectivity index (χ2v) is 9.98. The van der Waals surface area contributed by atoms with Crippen LogP contribution in [0.2, 0.25) is 0 Å². The molecule has 0 amide bonds. The van der Waals surface area contributed by atoms with E-state index in [0.29, 0.717) is 25.7 Å². The van der Waals surface area contributed by atoms with Crippen LogP contribution in [0, 0.1) is 0 Å². The largest absolute Gasteiger partial charge is 0.492 e. The van der Waals surface area contributed by atoms with Crippen molar-refractivity contribution in [3.63, 3.8) is 0 Å². The van der Waals surface area contributed by atoms with Gasteiger partial charge in [-0.15, -0.1) is 5.10 Å². The van der Waals surface area contributed by atoms with Crippen LogP contribution in [0.25, 0.3) is 27.7 Å². The summed E-state index contributed by atoms with van der Waals surface area (Å²) in [5, 5.41) is 12.7. The number of piperazine rings is 1. The molecule has 0 saturated carbocycles. The quantitative estimate of drug-likeness (QED) is 0.342.